The van der Waals surface area contributed by atoms with E-state index in [1.807, 2.05) is 0 Å². The van der Waals surface area contributed by atoms with E-state index in [1.54, 1.807) is 0 Å². The lowest BCUT2D eigenvalue weighted by Crippen LogP contribution is -2.32. The molecule has 0 aliphatic carbocycles. The Morgan fingerprint density at radius 3 is 2.17 bits per heavy atom. The van der Waals surface area contributed by atoms with Crippen LogP contribution in [0.15, 0.2) is 21.7 Å². The first-order valence-electron chi connectivity index (χ1n) is 4.94. The van der Waals surface area contributed by atoms with Gasteiger partial charge in [-0.15, -0.1) is 0 Å². The fraction of sp³-hybridized carbons (Fsp3) is 0. The van der Waals surface area contributed by atoms with Gasteiger partial charge in [0.2, 0.25) is 5.82 Å². The molecule has 2 aromatic heterocycles. The molecule has 1 aromatic carbocycles. The van der Waals surface area contributed by atoms with E-state index in [1.165, 1.54) is 0 Å². The van der Waals surface area contributed by atoms with Gasteiger partial charge in [0.05, 0.1) is 6.07 Å². The second-order valence-corrected chi connectivity index (χ2v) is 3.72. The molecule has 0 saturated carbocycles. The Bertz CT molecular complexity index is 900. The lowest BCUT2D eigenvalue weighted by atomic mass is 10.2. The van der Waals surface area contributed by atoms with Crippen molar-refractivity contribution in [3.05, 3.63) is 44.5 Å². The highest BCUT2D eigenvalue weighted by atomic mass is 19.1. The first-order valence-corrected chi connectivity index (χ1v) is 4.94. The van der Waals surface area contributed by atoms with Crippen molar-refractivity contribution < 1.29 is 18.7 Å². The first kappa shape index (κ1) is 10.5. The van der Waals surface area contributed by atoms with Gasteiger partial charge in [-0.25, -0.2) is 4.39 Å². The minimum atomic E-state index is -0.858. The smallest absolute Gasteiger partial charge is 0.260 e. The minimum Gasteiger partial charge on any atom is -0.260 e. The topological polar surface area (TPSA) is 94.0 Å². The van der Waals surface area contributed by atoms with Crippen LogP contribution in [-0.4, -0.2) is 10.2 Å². The van der Waals surface area contributed by atoms with E-state index in [-0.39, 0.29) is 22.1 Å². The van der Waals surface area contributed by atoms with Crippen LogP contribution in [0.5, 0.6) is 0 Å². The molecule has 0 saturated heterocycles. The van der Waals surface area contributed by atoms with Gasteiger partial charge in [0.1, 0.15) is 5.82 Å². The Balaban J connectivity index is 2.64. The number of H-pyrrole nitrogens is 4. The van der Waals surface area contributed by atoms with Crippen molar-refractivity contribution in [2.24, 2.45) is 0 Å². The molecule has 0 radical (unpaired) electrons. The summed E-state index contributed by atoms with van der Waals surface area (Å²) in [5, 5.41) is 4.20. The van der Waals surface area contributed by atoms with E-state index in [0.717, 1.165) is 6.07 Å². The summed E-state index contributed by atoms with van der Waals surface area (Å²) in [4.78, 5) is 28.0. The van der Waals surface area contributed by atoms with Crippen LogP contribution in [0.25, 0.3) is 22.1 Å². The molecule has 0 aliphatic rings. The standard InChI is InChI=1S/C10H4F2N4O2/c11-3-1-4(12)6-5(2-3)13-7-8(14-6)10(18)16-15-9(7)17/h1-2H,(H,15,17)(H,16,18)/p+2. The molecule has 0 bridgehead atoms. The van der Waals surface area contributed by atoms with E-state index in [0.29, 0.717) is 6.07 Å². The van der Waals surface area contributed by atoms with Crippen LogP contribution in [0.1, 0.15) is 0 Å². The van der Waals surface area contributed by atoms with Crippen molar-refractivity contribution in [2.45, 2.75) is 0 Å². The molecule has 90 valence electrons. The summed E-state index contributed by atoms with van der Waals surface area (Å²) in [6, 6.07) is 1.70. The molecule has 0 amide bonds. The van der Waals surface area contributed by atoms with Gasteiger partial charge in [-0.2, -0.15) is 14.4 Å². The number of benzene rings is 1. The molecule has 3 aromatic rings. The van der Waals surface area contributed by atoms with Crippen LogP contribution in [0, 0.1) is 11.6 Å². The van der Waals surface area contributed by atoms with Crippen molar-refractivity contribution in [3.63, 3.8) is 0 Å². The third-order valence-corrected chi connectivity index (χ3v) is 2.56. The molecule has 0 spiro atoms. The summed E-state index contributed by atoms with van der Waals surface area (Å²) in [5.74, 6) is -1.65. The van der Waals surface area contributed by atoms with Crippen LogP contribution >= 0.6 is 0 Å². The second-order valence-electron chi connectivity index (χ2n) is 3.72. The molecule has 3 rings (SSSR count). The highest BCUT2D eigenvalue weighted by Crippen LogP contribution is 2.11. The van der Waals surface area contributed by atoms with Crippen LogP contribution in [0.3, 0.4) is 0 Å². The summed E-state index contributed by atoms with van der Waals surface area (Å²) in [7, 11) is 0. The zero-order valence-electron chi connectivity index (χ0n) is 8.73. The van der Waals surface area contributed by atoms with Crippen LogP contribution < -0.4 is 21.1 Å². The van der Waals surface area contributed by atoms with Crippen LogP contribution in [0.4, 0.5) is 8.78 Å². The van der Waals surface area contributed by atoms with Crippen molar-refractivity contribution >= 4 is 22.1 Å². The maximum Gasteiger partial charge on any atom is 0.349 e. The molecular formula is C10H6F2N4O2+2. The highest BCUT2D eigenvalue weighted by Gasteiger charge is 2.23. The lowest BCUT2D eigenvalue weighted by Gasteiger charge is -1.91. The van der Waals surface area contributed by atoms with Gasteiger partial charge >= 0.3 is 27.7 Å². The van der Waals surface area contributed by atoms with Gasteiger partial charge in [-0.05, 0) is 0 Å². The Hall–Kier alpha value is -2.64. The number of halogens is 2. The normalized spacial score (nSPS) is 11.2. The highest BCUT2D eigenvalue weighted by molar-refractivity contribution is 5.74. The van der Waals surface area contributed by atoms with E-state index in [4.69, 9.17) is 0 Å². The average Bonchev–Trinajstić information content (AvgIpc) is 2.32. The Kier molecular flexibility index (Phi) is 2.00. The van der Waals surface area contributed by atoms with Crippen molar-refractivity contribution in [3.8, 4) is 0 Å². The summed E-state index contributed by atoms with van der Waals surface area (Å²) in [6.07, 6.45) is 0. The van der Waals surface area contributed by atoms with E-state index < -0.39 is 22.8 Å². The first-order chi connectivity index (χ1) is 8.56. The number of fused-ring (bicyclic) bond motifs is 2. The molecule has 2 heterocycles. The minimum absolute atomic E-state index is 0.0519. The molecule has 0 atom stereocenters. The molecule has 4 N–H and O–H groups in total. The van der Waals surface area contributed by atoms with Gasteiger partial charge in [0.15, 0.2) is 0 Å². The van der Waals surface area contributed by atoms with Gasteiger partial charge in [-0.3, -0.25) is 19.8 Å². The average molecular weight is 252 g/mol. The monoisotopic (exact) mass is 252 g/mol. The fourth-order valence-electron chi connectivity index (χ4n) is 1.76. The molecule has 6 nitrogen and oxygen atoms in total. The Labute approximate surface area is 96.3 Å². The van der Waals surface area contributed by atoms with Crippen molar-refractivity contribution in [1.82, 2.24) is 10.2 Å². The molecule has 0 fully saturated rings. The summed E-state index contributed by atoms with van der Waals surface area (Å²) >= 11 is 0. The fourth-order valence-corrected chi connectivity index (χ4v) is 1.76. The largest absolute Gasteiger partial charge is 0.349 e. The Morgan fingerprint density at radius 1 is 0.889 bits per heavy atom. The Morgan fingerprint density at radius 2 is 1.50 bits per heavy atom. The zero-order chi connectivity index (χ0) is 12.9. The number of aromatic nitrogens is 4. The molecule has 0 aliphatic heterocycles. The van der Waals surface area contributed by atoms with Gasteiger partial charge in [0, 0.05) is 6.07 Å². The van der Waals surface area contributed by atoms with Gasteiger partial charge in [0.25, 0.3) is 5.52 Å². The lowest BCUT2D eigenvalue weighted by molar-refractivity contribution is -0.363. The van der Waals surface area contributed by atoms with E-state index >= 15 is 0 Å². The van der Waals surface area contributed by atoms with Crippen molar-refractivity contribution in [2.75, 3.05) is 0 Å². The molecule has 0 unspecified atom stereocenters. The number of nitrogens with one attached hydrogen (secondary N) is 4. The molecule has 8 heteroatoms. The number of aromatic amines is 4. The zero-order valence-corrected chi connectivity index (χ0v) is 8.73. The third-order valence-electron chi connectivity index (χ3n) is 2.56. The number of hydrogen-bond acceptors (Lipinski definition) is 2. The van der Waals surface area contributed by atoms with Gasteiger partial charge in [-0.1, -0.05) is 0 Å². The quantitative estimate of drug-likeness (QED) is 0.516. The van der Waals surface area contributed by atoms with Crippen LogP contribution in [-0.2, 0) is 0 Å². The maximum absolute atomic E-state index is 13.5. The van der Waals surface area contributed by atoms with Crippen LogP contribution in [0.2, 0.25) is 0 Å². The molecule has 18 heavy (non-hydrogen) atoms. The predicted molar refractivity (Wildman–Crippen MR) is 55.7 cm³/mol. The SMILES string of the molecule is O=c1[nH][nH]c(=O)c2[nH+]c3c(F)cc(F)cc3[nH+]c12. The maximum atomic E-state index is 13.5. The van der Waals surface area contributed by atoms with E-state index in [9.17, 15) is 18.4 Å². The van der Waals surface area contributed by atoms with Gasteiger partial charge < -0.3 is 0 Å². The number of hydrogen-bond donors (Lipinski definition) is 2. The summed E-state index contributed by atoms with van der Waals surface area (Å²) in [5.41, 5.74) is -1.46. The van der Waals surface area contributed by atoms with Crippen molar-refractivity contribution in [1.29, 1.82) is 0 Å². The summed E-state index contributed by atoms with van der Waals surface area (Å²) < 4.78 is 26.6. The molecular weight excluding hydrogens is 246 g/mol. The second kappa shape index (κ2) is 3.42. The summed E-state index contributed by atoms with van der Waals surface area (Å²) in [6.45, 7) is 0. The number of rotatable bonds is 0. The predicted octanol–water partition coefficient (Wildman–Crippen LogP) is -0.724. The third kappa shape index (κ3) is 1.39. The van der Waals surface area contributed by atoms with E-state index in [2.05, 4.69) is 20.2 Å².